The first kappa shape index (κ1) is 17.7. The zero-order chi connectivity index (χ0) is 17.6. The van der Waals surface area contributed by atoms with Crippen LogP contribution in [0.5, 0.6) is 5.75 Å². The van der Waals surface area contributed by atoms with Crippen LogP contribution in [0.25, 0.3) is 9.75 Å². The van der Waals surface area contributed by atoms with E-state index >= 15 is 0 Å². The molecule has 0 saturated heterocycles. The Bertz CT molecular complexity index is 810. The molecule has 1 amide bonds. The molecule has 0 fully saturated rings. The quantitative estimate of drug-likeness (QED) is 0.648. The summed E-state index contributed by atoms with van der Waals surface area (Å²) >= 11 is 3.22. The van der Waals surface area contributed by atoms with Gasteiger partial charge in [-0.25, -0.2) is 0 Å². The van der Waals surface area contributed by atoms with E-state index in [9.17, 15) is 9.90 Å². The van der Waals surface area contributed by atoms with Crippen molar-refractivity contribution in [3.63, 3.8) is 0 Å². The smallest absolute Gasteiger partial charge is 0.251 e. The zero-order valence-electron chi connectivity index (χ0n) is 13.8. The normalized spacial score (nSPS) is 11.9. The average molecular weight is 373 g/mol. The molecule has 0 bridgehead atoms. The number of aliphatic hydroxyl groups is 1. The van der Waals surface area contributed by atoms with E-state index in [0.29, 0.717) is 12.2 Å². The summed E-state index contributed by atoms with van der Waals surface area (Å²) in [6.07, 6.45) is -0.717. The van der Waals surface area contributed by atoms with E-state index in [4.69, 9.17) is 4.74 Å². The summed E-state index contributed by atoms with van der Waals surface area (Å²) in [6.45, 7) is 2.68. The standard InChI is InChI=1S/C19H19NO3S2/c1-2-23-14-7-5-13(6-8-14)19(22)20-12-15(21)16-9-10-18(25-16)17-4-3-11-24-17/h3-11,15,21H,2,12H2,1H3,(H,20,22). The first-order valence-electron chi connectivity index (χ1n) is 8.00. The summed E-state index contributed by atoms with van der Waals surface area (Å²) < 4.78 is 5.36. The van der Waals surface area contributed by atoms with Gasteiger partial charge in [0.15, 0.2) is 0 Å². The number of hydrogen-bond acceptors (Lipinski definition) is 5. The fourth-order valence-corrected chi connectivity index (χ4v) is 4.17. The Morgan fingerprint density at radius 3 is 2.64 bits per heavy atom. The second-order valence-electron chi connectivity index (χ2n) is 5.36. The van der Waals surface area contributed by atoms with E-state index in [1.54, 1.807) is 46.9 Å². The van der Waals surface area contributed by atoms with Crippen LogP contribution in [0.15, 0.2) is 53.9 Å². The van der Waals surface area contributed by atoms with E-state index < -0.39 is 6.10 Å². The van der Waals surface area contributed by atoms with Crippen LogP contribution >= 0.6 is 22.7 Å². The van der Waals surface area contributed by atoms with Crippen molar-refractivity contribution in [2.75, 3.05) is 13.2 Å². The van der Waals surface area contributed by atoms with Crippen molar-refractivity contribution in [2.45, 2.75) is 13.0 Å². The average Bonchev–Trinajstić information content (AvgIpc) is 3.31. The van der Waals surface area contributed by atoms with Crippen LogP contribution in [-0.2, 0) is 0 Å². The highest BCUT2D eigenvalue weighted by atomic mass is 32.1. The molecule has 0 radical (unpaired) electrons. The molecule has 1 atom stereocenters. The minimum absolute atomic E-state index is 0.177. The number of carbonyl (C=O) groups is 1. The molecular weight excluding hydrogens is 354 g/mol. The van der Waals surface area contributed by atoms with Crippen molar-refractivity contribution >= 4 is 28.6 Å². The van der Waals surface area contributed by atoms with Gasteiger partial charge >= 0.3 is 0 Å². The van der Waals surface area contributed by atoms with Gasteiger partial charge in [0.2, 0.25) is 0 Å². The number of thiophene rings is 2. The van der Waals surface area contributed by atoms with Crippen molar-refractivity contribution in [1.82, 2.24) is 5.32 Å². The molecule has 3 aromatic rings. The number of benzene rings is 1. The van der Waals surface area contributed by atoms with Gasteiger partial charge < -0.3 is 15.2 Å². The van der Waals surface area contributed by atoms with Crippen molar-refractivity contribution in [3.8, 4) is 15.5 Å². The first-order chi connectivity index (χ1) is 12.2. The second kappa shape index (κ2) is 8.29. The minimum atomic E-state index is -0.717. The van der Waals surface area contributed by atoms with Gasteiger partial charge in [-0.05, 0) is 54.8 Å². The molecule has 0 saturated carbocycles. The number of carbonyl (C=O) groups excluding carboxylic acids is 1. The third kappa shape index (κ3) is 4.48. The van der Waals surface area contributed by atoms with Crippen LogP contribution < -0.4 is 10.1 Å². The lowest BCUT2D eigenvalue weighted by molar-refractivity contribution is 0.0918. The van der Waals surface area contributed by atoms with Crippen LogP contribution in [0.2, 0.25) is 0 Å². The minimum Gasteiger partial charge on any atom is -0.494 e. The molecular formula is C19H19NO3S2. The van der Waals surface area contributed by atoms with Crippen molar-refractivity contribution < 1.29 is 14.6 Å². The van der Waals surface area contributed by atoms with Crippen molar-refractivity contribution in [3.05, 3.63) is 64.4 Å². The van der Waals surface area contributed by atoms with Gasteiger partial charge in [-0.3, -0.25) is 4.79 Å². The highest BCUT2D eigenvalue weighted by Gasteiger charge is 2.14. The molecule has 25 heavy (non-hydrogen) atoms. The third-order valence-electron chi connectivity index (χ3n) is 3.60. The van der Waals surface area contributed by atoms with Gasteiger partial charge in [0.05, 0.1) is 6.61 Å². The van der Waals surface area contributed by atoms with Gasteiger partial charge in [-0.15, -0.1) is 22.7 Å². The van der Waals surface area contributed by atoms with Crippen LogP contribution in [-0.4, -0.2) is 24.2 Å². The third-order valence-corrected chi connectivity index (χ3v) is 5.85. The summed E-state index contributed by atoms with van der Waals surface area (Å²) in [6, 6.07) is 14.9. The summed E-state index contributed by atoms with van der Waals surface area (Å²) in [7, 11) is 0. The largest absolute Gasteiger partial charge is 0.494 e. The Kier molecular flexibility index (Phi) is 5.86. The Balaban J connectivity index is 1.56. The maximum atomic E-state index is 12.2. The molecule has 2 aromatic heterocycles. The molecule has 0 aliphatic heterocycles. The Hall–Kier alpha value is -2.15. The van der Waals surface area contributed by atoms with E-state index in [1.165, 1.54) is 4.88 Å². The summed E-state index contributed by atoms with van der Waals surface area (Å²) in [4.78, 5) is 15.3. The molecule has 2 N–H and O–H groups in total. The molecule has 1 unspecified atom stereocenters. The maximum absolute atomic E-state index is 12.2. The fraction of sp³-hybridized carbons (Fsp3) is 0.211. The van der Waals surface area contributed by atoms with E-state index in [2.05, 4.69) is 11.4 Å². The number of rotatable bonds is 7. The molecule has 130 valence electrons. The number of ether oxygens (including phenoxy) is 1. The SMILES string of the molecule is CCOc1ccc(C(=O)NCC(O)c2ccc(-c3cccs3)s2)cc1. The molecule has 0 aliphatic rings. The lowest BCUT2D eigenvalue weighted by atomic mass is 10.2. The van der Waals surface area contributed by atoms with E-state index in [1.807, 2.05) is 30.5 Å². The maximum Gasteiger partial charge on any atom is 0.251 e. The van der Waals surface area contributed by atoms with Gasteiger partial charge in [0.25, 0.3) is 5.91 Å². The van der Waals surface area contributed by atoms with Crippen LogP contribution in [0, 0.1) is 0 Å². The molecule has 2 heterocycles. The summed E-state index contributed by atoms with van der Waals surface area (Å²) in [5, 5.41) is 15.1. The molecule has 0 aliphatic carbocycles. The van der Waals surface area contributed by atoms with Crippen molar-refractivity contribution in [1.29, 1.82) is 0 Å². The van der Waals surface area contributed by atoms with Crippen molar-refractivity contribution in [2.24, 2.45) is 0 Å². The van der Waals surface area contributed by atoms with Gasteiger partial charge in [-0.2, -0.15) is 0 Å². The number of aliphatic hydroxyl groups excluding tert-OH is 1. The van der Waals surface area contributed by atoms with Gasteiger partial charge in [0.1, 0.15) is 11.9 Å². The Morgan fingerprint density at radius 2 is 1.96 bits per heavy atom. The molecule has 4 nitrogen and oxygen atoms in total. The molecule has 3 rings (SSSR count). The van der Waals surface area contributed by atoms with E-state index in [-0.39, 0.29) is 12.5 Å². The summed E-state index contributed by atoms with van der Waals surface area (Å²) in [5.74, 6) is 0.524. The van der Waals surface area contributed by atoms with Crippen LogP contribution in [0.4, 0.5) is 0 Å². The van der Waals surface area contributed by atoms with E-state index in [0.717, 1.165) is 15.5 Å². The predicted molar refractivity (Wildman–Crippen MR) is 103 cm³/mol. The topological polar surface area (TPSA) is 58.6 Å². The lowest BCUT2D eigenvalue weighted by Crippen LogP contribution is -2.28. The monoisotopic (exact) mass is 373 g/mol. The molecule has 6 heteroatoms. The number of amides is 1. The highest BCUT2D eigenvalue weighted by molar-refractivity contribution is 7.21. The zero-order valence-corrected chi connectivity index (χ0v) is 15.4. The first-order valence-corrected chi connectivity index (χ1v) is 9.69. The molecule has 1 aromatic carbocycles. The molecule has 0 spiro atoms. The van der Waals surface area contributed by atoms with Crippen LogP contribution in [0.1, 0.15) is 28.3 Å². The van der Waals surface area contributed by atoms with Gasteiger partial charge in [0, 0.05) is 26.7 Å². The highest BCUT2D eigenvalue weighted by Crippen LogP contribution is 2.33. The Morgan fingerprint density at radius 1 is 1.16 bits per heavy atom. The number of hydrogen-bond donors (Lipinski definition) is 2. The lowest BCUT2D eigenvalue weighted by Gasteiger charge is -2.10. The Labute approximate surface area is 154 Å². The summed E-state index contributed by atoms with van der Waals surface area (Å²) in [5.41, 5.74) is 0.543. The number of nitrogens with one attached hydrogen (secondary N) is 1. The predicted octanol–water partition coefficient (Wildman–Crippen LogP) is 4.34. The fourth-order valence-electron chi connectivity index (χ4n) is 2.34. The van der Waals surface area contributed by atoms with Crippen LogP contribution in [0.3, 0.4) is 0 Å². The second-order valence-corrected chi connectivity index (χ2v) is 7.43. The van der Waals surface area contributed by atoms with Gasteiger partial charge in [-0.1, -0.05) is 6.07 Å².